The third-order valence-corrected chi connectivity index (χ3v) is 8.26. The molecule has 1 aliphatic rings. The van der Waals surface area contributed by atoms with Gasteiger partial charge in [0.1, 0.15) is 11.2 Å². The van der Waals surface area contributed by atoms with E-state index in [1.54, 1.807) is 6.20 Å². The summed E-state index contributed by atoms with van der Waals surface area (Å²) >= 11 is 0. The van der Waals surface area contributed by atoms with Gasteiger partial charge in [-0.1, -0.05) is 66.2 Å². The number of furan rings is 1. The van der Waals surface area contributed by atoms with Crippen LogP contribution in [0.5, 0.6) is 0 Å². The Kier molecular flexibility index (Phi) is 8.02. The maximum atomic E-state index is 6.18. The van der Waals surface area contributed by atoms with E-state index in [2.05, 4.69) is 82.9 Å². The zero-order chi connectivity index (χ0) is 30.2. The zero-order valence-corrected chi connectivity index (χ0v) is 27.3. The molecular formula is C41H27IrN3O-2. The first-order valence-electron chi connectivity index (χ1n) is 14.9. The molecule has 0 amide bonds. The number of aromatic nitrogens is 2. The van der Waals surface area contributed by atoms with Gasteiger partial charge in [0.15, 0.2) is 0 Å². The predicted molar refractivity (Wildman–Crippen MR) is 183 cm³/mol. The molecule has 0 saturated carbocycles. The quantitative estimate of drug-likeness (QED) is 0.178. The molecule has 8 aromatic rings. The first kappa shape index (κ1) is 29.4. The molecule has 1 N–H and O–H groups in total. The van der Waals surface area contributed by atoms with Crippen LogP contribution >= 0.6 is 0 Å². The Bertz CT molecular complexity index is 2260. The number of nitrogens with zero attached hydrogens (tertiary/aromatic N) is 2. The largest absolute Gasteiger partial charge is 0.456 e. The number of anilines is 2. The van der Waals surface area contributed by atoms with Gasteiger partial charge >= 0.3 is 0 Å². The number of hydrogen-bond donors (Lipinski definition) is 1. The Morgan fingerprint density at radius 1 is 0.609 bits per heavy atom. The molecular weight excluding hydrogens is 743 g/mol. The van der Waals surface area contributed by atoms with Crippen LogP contribution in [0, 0.1) is 19.1 Å². The molecule has 3 aromatic heterocycles. The van der Waals surface area contributed by atoms with Crippen molar-refractivity contribution in [1.29, 1.82) is 0 Å². The number of hydrogen-bond acceptors (Lipinski definition) is 4. The Morgan fingerprint density at radius 3 is 2.07 bits per heavy atom. The molecule has 0 aliphatic carbocycles. The van der Waals surface area contributed by atoms with Crippen molar-refractivity contribution in [2.75, 3.05) is 5.32 Å². The standard InChI is InChI=1S/C30H19N2O.C11H8N.Ir/c1-18-20-8-6-9-21(18)24-17-19(25-10-4-5-16-31-25)12-14-26(24)32-30-22(20)13-15-28-29(30)23-7-2-3-11-27(23)33-28;1-2-6-10(7-3-1)11-8-4-5-9-12-11;/h2-11,13-17,32H,1H3;1-6,8-9H;/q2*-1;. The van der Waals surface area contributed by atoms with E-state index in [1.807, 2.05) is 85.1 Å². The van der Waals surface area contributed by atoms with Crippen molar-refractivity contribution in [2.45, 2.75) is 6.92 Å². The van der Waals surface area contributed by atoms with Crippen LogP contribution in [0.1, 0.15) is 5.56 Å². The Morgan fingerprint density at radius 2 is 1.33 bits per heavy atom. The fourth-order valence-corrected chi connectivity index (χ4v) is 6.09. The van der Waals surface area contributed by atoms with Crippen LogP contribution < -0.4 is 5.32 Å². The second-order valence-electron chi connectivity index (χ2n) is 10.9. The number of rotatable bonds is 2. The maximum absolute atomic E-state index is 6.18. The summed E-state index contributed by atoms with van der Waals surface area (Å²) < 4.78 is 6.18. The molecule has 1 aliphatic heterocycles. The molecule has 0 spiro atoms. The number of pyridine rings is 2. The van der Waals surface area contributed by atoms with Crippen LogP contribution in [-0.4, -0.2) is 9.97 Å². The molecule has 46 heavy (non-hydrogen) atoms. The van der Waals surface area contributed by atoms with Crippen molar-refractivity contribution >= 4 is 33.3 Å². The van der Waals surface area contributed by atoms with Crippen LogP contribution in [-0.2, 0) is 20.1 Å². The fraction of sp³-hybridized carbons (Fsp3) is 0.0244. The molecule has 5 heteroatoms. The van der Waals surface area contributed by atoms with Crippen molar-refractivity contribution in [2.24, 2.45) is 0 Å². The predicted octanol–water partition coefficient (Wildman–Crippen LogP) is 10.7. The topological polar surface area (TPSA) is 51.0 Å². The van der Waals surface area contributed by atoms with Gasteiger partial charge in [-0.2, -0.15) is 0 Å². The fourth-order valence-electron chi connectivity index (χ4n) is 6.09. The van der Waals surface area contributed by atoms with Crippen molar-refractivity contribution < 1.29 is 24.5 Å². The van der Waals surface area contributed by atoms with E-state index < -0.39 is 0 Å². The molecule has 4 heterocycles. The van der Waals surface area contributed by atoms with E-state index in [1.165, 1.54) is 22.3 Å². The van der Waals surface area contributed by atoms with Crippen molar-refractivity contribution in [3.63, 3.8) is 0 Å². The van der Waals surface area contributed by atoms with Gasteiger partial charge in [-0.05, 0) is 71.0 Å². The van der Waals surface area contributed by atoms with E-state index in [0.717, 1.165) is 61.4 Å². The van der Waals surface area contributed by atoms with Crippen molar-refractivity contribution in [1.82, 2.24) is 9.97 Å². The van der Waals surface area contributed by atoms with Crippen LogP contribution in [0.4, 0.5) is 11.4 Å². The van der Waals surface area contributed by atoms with E-state index in [0.29, 0.717) is 0 Å². The number of nitrogens with one attached hydrogen (secondary N) is 1. The zero-order valence-electron chi connectivity index (χ0n) is 24.9. The van der Waals surface area contributed by atoms with E-state index in [4.69, 9.17) is 4.42 Å². The second kappa shape index (κ2) is 12.6. The van der Waals surface area contributed by atoms with Gasteiger partial charge < -0.3 is 19.7 Å². The minimum absolute atomic E-state index is 0. The molecule has 5 aromatic carbocycles. The molecule has 0 unspecified atom stereocenters. The van der Waals surface area contributed by atoms with Gasteiger partial charge in [0.05, 0.1) is 5.39 Å². The van der Waals surface area contributed by atoms with Crippen LogP contribution in [0.15, 0.2) is 144 Å². The number of benzene rings is 5. The van der Waals surface area contributed by atoms with Crippen molar-refractivity contribution in [3.05, 3.63) is 157 Å². The number of para-hydroxylation sites is 1. The summed E-state index contributed by atoms with van der Waals surface area (Å²) in [4.78, 5) is 8.75. The second-order valence-corrected chi connectivity index (χ2v) is 10.9. The third kappa shape index (κ3) is 5.30. The molecule has 223 valence electrons. The molecule has 4 nitrogen and oxygen atoms in total. The minimum atomic E-state index is 0. The Balaban J connectivity index is 0.000000220. The minimum Gasteiger partial charge on any atom is -0.456 e. The first-order valence-corrected chi connectivity index (χ1v) is 14.9. The average molecular weight is 770 g/mol. The first-order chi connectivity index (χ1) is 22.2. The molecule has 2 bridgehead atoms. The number of fused-ring (bicyclic) bond motifs is 10. The Hall–Kier alpha value is -5.35. The van der Waals surface area contributed by atoms with Gasteiger partial charge in [-0.25, -0.2) is 0 Å². The average Bonchev–Trinajstić information content (AvgIpc) is 3.49. The SMILES string of the molecule is Cc1c2cccc1-c1ccc3oc4ccccc4c3c1Nc1c[c-]c(-c3ccccn3)cc1-2.[Ir].[c-]1ccccc1-c1ccccn1. The molecule has 0 fully saturated rings. The van der Waals surface area contributed by atoms with Crippen LogP contribution in [0.25, 0.3) is 66.7 Å². The Labute approximate surface area is 281 Å². The summed E-state index contributed by atoms with van der Waals surface area (Å²) in [5.41, 5.74) is 13.8. The molecule has 1 radical (unpaired) electrons. The summed E-state index contributed by atoms with van der Waals surface area (Å²) in [5.74, 6) is 0. The van der Waals surface area contributed by atoms with Crippen molar-refractivity contribution in [3.8, 4) is 44.8 Å². The van der Waals surface area contributed by atoms with Gasteiger partial charge in [0.2, 0.25) is 0 Å². The molecule has 0 atom stereocenters. The summed E-state index contributed by atoms with van der Waals surface area (Å²) in [5, 5.41) is 5.99. The van der Waals surface area contributed by atoms with E-state index in [-0.39, 0.29) is 20.1 Å². The normalized spacial score (nSPS) is 11.2. The van der Waals surface area contributed by atoms with Gasteiger partial charge in [0, 0.05) is 49.1 Å². The van der Waals surface area contributed by atoms with Gasteiger partial charge in [0.25, 0.3) is 0 Å². The van der Waals surface area contributed by atoms with Gasteiger partial charge in [-0.15, -0.1) is 59.7 Å². The molecule has 0 saturated heterocycles. The van der Waals surface area contributed by atoms with Crippen LogP contribution in [0.3, 0.4) is 0 Å². The van der Waals surface area contributed by atoms with Crippen LogP contribution in [0.2, 0.25) is 0 Å². The maximum Gasteiger partial charge on any atom is 0.137 e. The molecule has 9 rings (SSSR count). The summed E-state index contributed by atoms with van der Waals surface area (Å²) in [6.07, 6.45) is 3.61. The summed E-state index contributed by atoms with van der Waals surface area (Å²) in [6.45, 7) is 2.21. The van der Waals surface area contributed by atoms with E-state index >= 15 is 0 Å². The monoisotopic (exact) mass is 770 g/mol. The van der Waals surface area contributed by atoms with E-state index in [9.17, 15) is 0 Å². The smallest absolute Gasteiger partial charge is 0.137 e. The summed E-state index contributed by atoms with van der Waals surface area (Å²) in [6, 6.07) is 49.5. The third-order valence-electron chi connectivity index (χ3n) is 8.26. The van der Waals surface area contributed by atoms with Gasteiger partial charge in [-0.3, -0.25) is 0 Å². The summed E-state index contributed by atoms with van der Waals surface area (Å²) in [7, 11) is 0.